The number of methoxy groups -OCH3 is 1. The molecule has 18 heavy (non-hydrogen) atoms. The van der Waals surface area contributed by atoms with Crippen LogP contribution in [0.3, 0.4) is 0 Å². The second-order valence-corrected chi connectivity index (χ2v) is 4.65. The summed E-state index contributed by atoms with van der Waals surface area (Å²) in [5.41, 5.74) is 2.88. The number of nitrogens with zero attached hydrogens (tertiary/aromatic N) is 2. The van der Waals surface area contributed by atoms with Crippen molar-refractivity contribution >= 4 is 0 Å². The van der Waals surface area contributed by atoms with Gasteiger partial charge in [0.1, 0.15) is 5.75 Å². The summed E-state index contributed by atoms with van der Waals surface area (Å²) in [5, 5.41) is 18.0. The number of aliphatic hydroxyl groups excluding tert-OH is 1. The van der Waals surface area contributed by atoms with Crippen LogP contribution in [0.5, 0.6) is 5.75 Å². The third-order valence-corrected chi connectivity index (χ3v) is 3.60. The Morgan fingerprint density at radius 2 is 2.22 bits per heavy atom. The van der Waals surface area contributed by atoms with Crippen molar-refractivity contribution in [3.63, 3.8) is 0 Å². The van der Waals surface area contributed by atoms with Gasteiger partial charge in [0.25, 0.3) is 0 Å². The first-order chi connectivity index (χ1) is 8.71. The molecule has 0 saturated carbocycles. The SMILES string of the molecule is COc1ccc(C#N)c(C)c1C1CN(CCO)C1. The van der Waals surface area contributed by atoms with E-state index < -0.39 is 0 Å². The van der Waals surface area contributed by atoms with Gasteiger partial charge in [-0.2, -0.15) is 5.26 Å². The Labute approximate surface area is 107 Å². The largest absolute Gasteiger partial charge is 0.496 e. The summed E-state index contributed by atoms with van der Waals surface area (Å²) in [7, 11) is 1.66. The van der Waals surface area contributed by atoms with Gasteiger partial charge in [0.15, 0.2) is 0 Å². The van der Waals surface area contributed by atoms with Gasteiger partial charge in [-0.25, -0.2) is 0 Å². The molecule has 1 fully saturated rings. The lowest BCUT2D eigenvalue weighted by atomic mass is 9.86. The molecule has 0 unspecified atom stereocenters. The third kappa shape index (κ3) is 2.20. The number of hydrogen-bond acceptors (Lipinski definition) is 4. The monoisotopic (exact) mass is 246 g/mol. The zero-order chi connectivity index (χ0) is 13.1. The third-order valence-electron chi connectivity index (χ3n) is 3.60. The number of rotatable bonds is 4. The Balaban J connectivity index is 2.25. The highest BCUT2D eigenvalue weighted by atomic mass is 16.5. The van der Waals surface area contributed by atoms with Crippen molar-refractivity contribution in [1.29, 1.82) is 5.26 Å². The summed E-state index contributed by atoms with van der Waals surface area (Å²) in [6.07, 6.45) is 0. The Morgan fingerprint density at radius 3 is 2.78 bits per heavy atom. The number of hydrogen-bond donors (Lipinski definition) is 1. The van der Waals surface area contributed by atoms with Gasteiger partial charge < -0.3 is 9.84 Å². The minimum atomic E-state index is 0.196. The summed E-state index contributed by atoms with van der Waals surface area (Å²) in [6.45, 7) is 4.74. The minimum Gasteiger partial charge on any atom is -0.496 e. The van der Waals surface area contributed by atoms with E-state index in [1.54, 1.807) is 7.11 Å². The summed E-state index contributed by atoms with van der Waals surface area (Å²) in [4.78, 5) is 2.20. The molecule has 0 atom stereocenters. The highest BCUT2D eigenvalue weighted by molar-refractivity contribution is 5.51. The fourth-order valence-corrected chi connectivity index (χ4v) is 2.59. The van der Waals surface area contributed by atoms with Gasteiger partial charge in [0, 0.05) is 31.1 Å². The summed E-state index contributed by atoms with van der Waals surface area (Å²) < 4.78 is 5.40. The lowest BCUT2D eigenvalue weighted by Crippen LogP contribution is -2.46. The Kier molecular flexibility index (Phi) is 3.85. The van der Waals surface area contributed by atoms with Gasteiger partial charge in [0.2, 0.25) is 0 Å². The number of likely N-dealkylation sites (tertiary alicyclic amines) is 1. The Morgan fingerprint density at radius 1 is 1.50 bits per heavy atom. The van der Waals surface area contributed by atoms with Gasteiger partial charge in [-0.05, 0) is 24.6 Å². The highest BCUT2D eigenvalue weighted by Gasteiger charge is 2.31. The van der Waals surface area contributed by atoms with Gasteiger partial charge in [-0.15, -0.1) is 0 Å². The first kappa shape index (κ1) is 12.9. The fraction of sp³-hybridized carbons (Fsp3) is 0.500. The van der Waals surface area contributed by atoms with Crippen molar-refractivity contribution in [2.75, 3.05) is 33.4 Å². The maximum absolute atomic E-state index is 9.08. The van der Waals surface area contributed by atoms with Crippen LogP contribution in [0.1, 0.15) is 22.6 Å². The zero-order valence-corrected chi connectivity index (χ0v) is 10.8. The summed E-state index contributed by atoms with van der Waals surface area (Å²) in [5.74, 6) is 1.26. The molecule has 0 spiro atoms. The van der Waals surface area contributed by atoms with Crippen LogP contribution >= 0.6 is 0 Å². The molecule has 1 aromatic rings. The molecule has 1 heterocycles. The molecule has 0 bridgehead atoms. The molecule has 0 radical (unpaired) electrons. The molecular formula is C14H18N2O2. The molecule has 1 aliphatic heterocycles. The van der Waals surface area contributed by atoms with Crippen molar-refractivity contribution in [2.24, 2.45) is 0 Å². The highest BCUT2D eigenvalue weighted by Crippen LogP contribution is 2.36. The predicted octanol–water partition coefficient (Wildman–Crippen LogP) is 1.27. The number of β-amino-alcohol motifs (C(OH)–C–C–N with tert-alkyl or cyclic N) is 1. The van der Waals surface area contributed by atoms with E-state index in [4.69, 9.17) is 15.1 Å². The van der Waals surface area contributed by atoms with E-state index in [1.165, 1.54) is 0 Å². The van der Waals surface area contributed by atoms with Crippen molar-refractivity contribution in [2.45, 2.75) is 12.8 Å². The molecule has 1 aromatic carbocycles. The normalized spacial score (nSPS) is 16.1. The van der Waals surface area contributed by atoms with E-state index in [9.17, 15) is 0 Å². The molecule has 1 N–H and O–H groups in total. The molecule has 2 rings (SSSR count). The zero-order valence-electron chi connectivity index (χ0n) is 10.8. The lowest BCUT2D eigenvalue weighted by Gasteiger charge is -2.40. The molecule has 4 heteroatoms. The van der Waals surface area contributed by atoms with Gasteiger partial charge in [-0.1, -0.05) is 0 Å². The van der Waals surface area contributed by atoms with Crippen LogP contribution < -0.4 is 4.74 Å². The quantitative estimate of drug-likeness (QED) is 0.869. The maximum atomic E-state index is 9.08. The van der Waals surface area contributed by atoms with Gasteiger partial charge in [0.05, 0.1) is 25.3 Å². The minimum absolute atomic E-state index is 0.196. The van der Waals surface area contributed by atoms with E-state index in [0.717, 1.165) is 36.5 Å². The summed E-state index contributed by atoms with van der Waals surface area (Å²) in [6, 6.07) is 5.90. The molecule has 0 amide bonds. The number of benzene rings is 1. The summed E-state index contributed by atoms with van der Waals surface area (Å²) >= 11 is 0. The number of ether oxygens (including phenoxy) is 1. The van der Waals surface area contributed by atoms with Crippen LogP contribution in [0.25, 0.3) is 0 Å². The standard InChI is InChI=1S/C14H18N2O2/c1-10-11(7-15)3-4-13(18-2)14(10)12-8-16(9-12)5-6-17/h3-4,12,17H,5-6,8-9H2,1-2H3. The Hall–Kier alpha value is -1.57. The van der Waals surface area contributed by atoms with Crippen molar-refractivity contribution in [1.82, 2.24) is 4.90 Å². The predicted molar refractivity (Wildman–Crippen MR) is 68.7 cm³/mol. The number of nitriles is 1. The van der Waals surface area contributed by atoms with E-state index in [1.807, 2.05) is 19.1 Å². The van der Waals surface area contributed by atoms with Crippen LogP contribution in [-0.2, 0) is 0 Å². The average molecular weight is 246 g/mol. The maximum Gasteiger partial charge on any atom is 0.122 e. The van der Waals surface area contributed by atoms with Crippen LogP contribution in [0.4, 0.5) is 0 Å². The lowest BCUT2D eigenvalue weighted by molar-refractivity contribution is 0.114. The van der Waals surface area contributed by atoms with Crippen LogP contribution in [0, 0.1) is 18.3 Å². The van der Waals surface area contributed by atoms with Crippen LogP contribution in [0.15, 0.2) is 12.1 Å². The van der Waals surface area contributed by atoms with Gasteiger partial charge >= 0.3 is 0 Å². The second-order valence-electron chi connectivity index (χ2n) is 4.65. The van der Waals surface area contributed by atoms with Crippen molar-refractivity contribution in [3.8, 4) is 11.8 Å². The molecular weight excluding hydrogens is 228 g/mol. The first-order valence-electron chi connectivity index (χ1n) is 6.12. The van der Waals surface area contributed by atoms with E-state index in [0.29, 0.717) is 11.5 Å². The van der Waals surface area contributed by atoms with Crippen molar-refractivity contribution < 1.29 is 9.84 Å². The number of aliphatic hydroxyl groups is 1. The van der Waals surface area contributed by atoms with Crippen LogP contribution in [0.2, 0.25) is 0 Å². The average Bonchev–Trinajstić information content (AvgIpc) is 2.33. The second kappa shape index (κ2) is 5.38. The molecule has 0 aliphatic carbocycles. The fourth-order valence-electron chi connectivity index (χ4n) is 2.59. The van der Waals surface area contributed by atoms with E-state index in [2.05, 4.69) is 11.0 Å². The van der Waals surface area contributed by atoms with Crippen LogP contribution in [-0.4, -0.2) is 43.4 Å². The van der Waals surface area contributed by atoms with E-state index in [-0.39, 0.29) is 6.61 Å². The first-order valence-corrected chi connectivity index (χ1v) is 6.12. The molecule has 0 aromatic heterocycles. The van der Waals surface area contributed by atoms with Gasteiger partial charge in [-0.3, -0.25) is 4.90 Å². The van der Waals surface area contributed by atoms with Crippen molar-refractivity contribution in [3.05, 3.63) is 28.8 Å². The molecule has 96 valence electrons. The molecule has 1 saturated heterocycles. The smallest absolute Gasteiger partial charge is 0.122 e. The Bertz CT molecular complexity index is 473. The molecule has 4 nitrogen and oxygen atoms in total. The topological polar surface area (TPSA) is 56.5 Å². The van der Waals surface area contributed by atoms with E-state index >= 15 is 0 Å². The molecule has 1 aliphatic rings.